The standard InChI is InChI=1S/C14H20Br2N2O/c1-17(2)11-4-3-5-18(9-11)8-10-6-12(15)14(19)13(16)7-10/h6-7,11,19H,3-5,8-9H2,1-2H3. The molecule has 0 bridgehead atoms. The van der Waals surface area contributed by atoms with Gasteiger partial charge in [-0.25, -0.2) is 0 Å². The Morgan fingerprint density at radius 3 is 2.53 bits per heavy atom. The van der Waals surface area contributed by atoms with E-state index >= 15 is 0 Å². The molecule has 1 atom stereocenters. The van der Waals surface area contributed by atoms with Crippen molar-refractivity contribution in [3.05, 3.63) is 26.6 Å². The molecule has 1 aliphatic heterocycles. The van der Waals surface area contributed by atoms with Crippen molar-refractivity contribution >= 4 is 31.9 Å². The molecule has 0 aliphatic carbocycles. The van der Waals surface area contributed by atoms with Gasteiger partial charge < -0.3 is 10.0 Å². The molecule has 1 heterocycles. The highest BCUT2D eigenvalue weighted by molar-refractivity contribution is 9.11. The van der Waals surface area contributed by atoms with Gasteiger partial charge in [0.15, 0.2) is 0 Å². The lowest BCUT2D eigenvalue weighted by molar-refractivity contribution is 0.128. The van der Waals surface area contributed by atoms with E-state index in [4.69, 9.17) is 0 Å². The molecule has 1 aromatic carbocycles. The second-order valence-corrected chi connectivity index (χ2v) is 7.11. The van der Waals surface area contributed by atoms with Gasteiger partial charge in [-0.05, 0) is 83.0 Å². The fourth-order valence-corrected chi connectivity index (χ4v) is 3.85. The van der Waals surface area contributed by atoms with Crippen LogP contribution in [0.15, 0.2) is 21.1 Å². The van der Waals surface area contributed by atoms with Crippen molar-refractivity contribution in [1.29, 1.82) is 0 Å². The first-order valence-corrected chi connectivity index (χ1v) is 8.11. The van der Waals surface area contributed by atoms with Crippen molar-refractivity contribution in [3.63, 3.8) is 0 Å². The molecular weight excluding hydrogens is 372 g/mol. The van der Waals surface area contributed by atoms with E-state index in [0.717, 1.165) is 28.6 Å². The summed E-state index contributed by atoms with van der Waals surface area (Å²) >= 11 is 6.78. The molecule has 3 nitrogen and oxygen atoms in total. The molecule has 5 heteroatoms. The van der Waals surface area contributed by atoms with Crippen LogP contribution in [-0.4, -0.2) is 48.1 Å². The molecule has 1 N–H and O–H groups in total. The smallest absolute Gasteiger partial charge is 0.143 e. The fourth-order valence-electron chi connectivity index (χ4n) is 2.56. The first-order chi connectivity index (χ1) is 8.97. The summed E-state index contributed by atoms with van der Waals surface area (Å²) in [6.45, 7) is 3.20. The molecule has 1 aliphatic rings. The summed E-state index contributed by atoms with van der Waals surface area (Å²) < 4.78 is 1.50. The van der Waals surface area contributed by atoms with Gasteiger partial charge in [-0.1, -0.05) is 0 Å². The number of nitrogens with zero attached hydrogens (tertiary/aromatic N) is 2. The van der Waals surface area contributed by atoms with Crippen LogP contribution in [0.25, 0.3) is 0 Å². The molecule has 0 saturated carbocycles. The van der Waals surface area contributed by atoms with E-state index in [0.29, 0.717) is 6.04 Å². The van der Waals surface area contributed by atoms with Crippen molar-refractivity contribution in [1.82, 2.24) is 9.80 Å². The Morgan fingerprint density at radius 2 is 1.95 bits per heavy atom. The molecule has 1 saturated heterocycles. The third-order valence-electron chi connectivity index (χ3n) is 3.69. The summed E-state index contributed by atoms with van der Waals surface area (Å²) in [7, 11) is 4.31. The highest BCUT2D eigenvalue weighted by Gasteiger charge is 2.21. The van der Waals surface area contributed by atoms with Crippen molar-refractivity contribution in [2.45, 2.75) is 25.4 Å². The summed E-state index contributed by atoms with van der Waals surface area (Å²) in [5.41, 5.74) is 1.22. The van der Waals surface area contributed by atoms with Gasteiger partial charge in [-0.2, -0.15) is 0 Å². The van der Waals surface area contributed by atoms with Crippen molar-refractivity contribution in [2.75, 3.05) is 27.2 Å². The molecule has 0 spiro atoms. The Balaban J connectivity index is 2.05. The Labute approximate surface area is 131 Å². The first kappa shape index (κ1) is 15.3. The van der Waals surface area contributed by atoms with Crippen LogP contribution >= 0.6 is 31.9 Å². The zero-order valence-corrected chi connectivity index (χ0v) is 14.5. The number of phenolic OH excluding ortho intramolecular Hbond substituents is 1. The fraction of sp³-hybridized carbons (Fsp3) is 0.571. The summed E-state index contributed by atoms with van der Waals surface area (Å²) in [6, 6.07) is 4.65. The lowest BCUT2D eigenvalue weighted by Crippen LogP contribution is -2.44. The Bertz CT molecular complexity index is 428. The Kier molecular flexibility index (Phi) is 5.29. The zero-order valence-electron chi connectivity index (χ0n) is 11.4. The number of likely N-dealkylation sites (tertiary alicyclic amines) is 1. The van der Waals surface area contributed by atoms with Gasteiger partial charge in [0.2, 0.25) is 0 Å². The molecule has 2 rings (SSSR count). The first-order valence-electron chi connectivity index (χ1n) is 6.53. The topological polar surface area (TPSA) is 26.7 Å². The number of aromatic hydroxyl groups is 1. The zero-order chi connectivity index (χ0) is 14.0. The van der Waals surface area contributed by atoms with E-state index in [1.807, 2.05) is 12.1 Å². The highest BCUT2D eigenvalue weighted by atomic mass is 79.9. The van der Waals surface area contributed by atoms with Crippen LogP contribution in [-0.2, 0) is 6.54 Å². The highest BCUT2D eigenvalue weighted by Crippen LogP contribution is 2.33. The van der Waals surface area contributed by atoms with Gasteiger partial charge in [0.05, 0.1) is 8.95 Å². The Morgan fingerprint density at radius 1 is 1.32 bits per heavy atom. The minimum absolute atomic E-state index is 0.272. The lowest BCUT2D eigenvalue weighted by atomic mass is 10.0. The molecule has 0 radical (unpaired) electrons. The Hall–Kier alpha value is -0.100. The van der Waals surface area contributed by atoms with Gasteiger partial charge >= 0.3 is 0 Å². The molecule has 1 unspecified atom stereocenters. The number of likely N-dealkylation sites (N-methyl/N-ethyl adjacent to an activating group) is 1. The summed E-state index contributed by atoms with van der Waals surface area (Å²) in [4.78, 5) is 4.80. The average Bonchev–Trinajstić information content (AvgIpc) is 2.36. The van der Waals surface area contributed by atoms with Crippen LogP contribution in [0, 0.1) is 0 Å². The number of phenols is 1. The molecule has 1 fully saturated rings. The molecule has 19 heavy (non-hydrogen) atoms. The van der Waals surface area contributed by atoms with E-state index in [1.54, 1.807) is 0 Å². The predicted molar refractivity (Wildman–Crippen MR) is 85.5 cm³/mol. The van der Waals surface area contributed by atoms with E-state index < -0.39 is 0 Å². The average molecular weight is 392 g/mol. The maximum atomic E-state index is 9.74. The number of halogens is 2. The van der Waals surface area contributed by atoms with E-state index in [9.17, 15) is 5.11 Å². The maximum absolute atomic E-state index is 9.74. The normalized spacial score (nSPS) is 21.0. The lowest BCUT2D eigenvalue weighted by Gasteiger charge is -2.36. The molecule has 106 valence electrons. The van der Waals surface area contributed by atoms with E-state index in [-0.39, 0.29) is 5.75 Å². The summed E-state index contributed by atoms with van der Waals surface area (Å²) in [6.07, 6.45) is 2.54. The SMILES string of the molecule is CN(C)C1CCCN(Cc2cc(Br)c(O)c(Br)c2)C1. The summed E-state index contributed by atoms with van der Waals surface area (Å²) in [5, 5.41) is 9.74. The van der Waals surface area contributed by atoms with Gasteiger partial charge in [-0.3, -0.25) is 4.90 Å². The second kappa shape index (κ2) is 6.57. The number of hydrogen-bond donors (Lipinski definition) is 1. The molecule has 1 aromatic rings. The number of benzene rings is 1. The van der Waals surface area contributed by atoms with Gasteiger partial charge in [0.1, 0.15) is 5.75 Å². The van der Waals surface area contributed by atoms with Crippen LogP contribution in [0.1, 0.15) is 18.4 Å². The van der Waals surface area contributed by atoms with Crippen molar-refractivity contribution in [3.8, 4) is 5.75 Å². The van der Waals surface area contributed by atoms with Crippen LogP contribution in [0.4, 0.5) is 0 Å². The quantitative estimate of drug-likeness (QED) is 0.854. The minimum atomic E-state index is 0.272. The van der Waals surface area contributed by atoms with E-state index in [1.165, 1.54) is 18.4 Å². The van der Waals surface area contributed by atoms with Gasteiger partial charge in [0.25, 0.3) is 0 Å². The second-order valence-electron chi connectivity index (χ2n) is 5.40. The number of piperidine rings is 1. The van der Waals surface area contributed by atoms with Crippen molar-refractivity contribution in [2.24, 2.45) is 0 Å². The van der Waals surface area contributed by atoms with Gasteiger partial charge in [-0.15, -0.1) is 0 Å². The maximum Gasteiger partial charge on any atom is 0.143 e. The minimum Gasteiger partial charge on any atom is -0.506 e. The van der Waals surface area contributed by atoms with Crippen LogP contribution in [0.3, 0.4) is 0 Å². The summed E-state index contributed by atoms with van der Waals surface area (Å²) in [5.74, 6) is 0.272. The molecular formula is C14H20Br2N2O. The van der Waals surface area contributed by atoms with Gasteiger partial charge in [0, 0.05) is 19.1 Å². The van der Waals surface area contributed by atoms with E-state index in [2.05, 4.69) is 55.8 Å². The predicted octanol–water partition coefficient (Wildman–Crippen LogP) is 3.44. The van der Waals surface area contributed by atoms with Crippen LogP contribution in [0.2, 0.25) is 0 Å². The monoisotopic (exact) mass is 390 g/mol. The third kappa shape index (κ3) is 3.94. The van der Waals surface area contributed by atoms with Crippen molar-refractivity contribution < 1.29 is 5.11 Å². The van der Waals surface area contributed by atoms with Crippen LogP contribution < -0.4 is 0 Å². The van der Waals surface area contributed by atoms with Crippen LogP contribution in [0.5, 0.6) is 5.75 Å². The molecule has 0 amide bonds. The molecule has 0 aromatic heterocycles. The number of rotatable bonds is 3. The third-order valence-corrected chi connectivity index (χ3v) is 4.90. The number of hydrogen-bond acceptors (Lipinski definition) is 3. The largest absolute Gasteiger partial charge is 0.506 e.